The van der Waals surface area contributed by atoms with Gasteiger partial charge in [0.05, 0.1) is 6.61 Å². The van der Waals surface area contributed by atoms with E-state index < -0.39 is 6.10 Å². The zero-order valence-electron chi connectivity index (χ0n) is 13.0. The molecular formula is C15H23ClN2O3. The summed E-state index contributed by atoms with van der Waals surface area (Å²) in [5.74, 6) is 0.579. The smallest absolute Gasteiger partial charge is 0.262 e. The van der Waals surface area contributed by atoms with Crippen LogP contribution in [0.2, 0.25) is 5.02 Å². The van der Waals surface area contributed by atoms with Gasteiger partial charge in [-0.1, -0.05) is 11.6 Å². The fourth-order valence-electron chi connectivity index (χ4n) is 1.80. The molecule has 6 heteroatoms. The molecule has 0 heterocycles. The molecule has 118 valence electrons. The van der Waals surface area contributed by atoms with Crippen molar-refractivity contribution >= 4 is 17.5 Å². The van der Waals surface area contributed by atoms with Crippen molar-refractivity contribution in [3.8, 4) is 5.75 Å². The molecule has 0 bridgehead atoms. The molecule has 0 radical (unpaired) electrons. The minimum absolute atomic E-state index is 0.0803. The third kappa shape index (κ3) is 5.91. The normalized spacial score (nSPS) is 12.0. The zero-order valence-corrected chi connectivity index (χ0v) is 13.7. The lowest BCUT2D eigenvalue weighted by molar-refractivity contribution is -0.135. The number of nitrogens with zero attached hydrogens (tertiary/aromatic N) is 1. The van der Waals surface area contributed by atoms with Crippen molar-refractivity contribution in [3.63, 3.8) is 0 Å². The predicted octanol–water partition coefficient (Wildman–Crippen LogP) is 1.93. The lowest BCUT2D eigenvalue weighted by atomic mass is 10.2. The number of amides is 1. The number of hydrogen-bond donors (Lipinski definition) is 1. The predicted molar refractivity (Wildman–Crippen MR) is 83.8 cm³/mol. The molecule has 0 saturated carbocycles. The van der Waals surface area contributed by atoms with Gasteiger partial charge >= 0.3 is 0 Å². The fourth-order valence-corrected chi connectivity index (χ4v) is 2.00. The van der Waals surface area contributed by atoms with Crippen molar-refractivity contribution in [1.82, 2.24) is 10.2 Å². The first-order valence-corrected chi connectivity index (χ1v) is 7.19. The maximum Gasteiger partial charge on any atom is 0.262 e. The van der Waals surface area contributed by atoms with Crippen molar-refractivity contribution in [1.29, 1.82) is 0 Å². The first-order valence-electron chi connectivity index (χ1n) is 6.81. The van der Waals surface area contributed by atoms with E-state index in [4.69, 9.17) is 21.1 Å². The van der Waals surface area contributed by atoms with Crippen molar-refractivity contribution in [2.75, 3.05) is 34.4 Å². The van der Waals surface area contributed by atoms with Crippen LogP contribution in [0.5, 0.6) is 5.75 Å². The lowest BCUT2D eigenvalue weighted by Crippen LogP contribution is -2.35. The Morgan fingerprint density at radius 2 is 2.14 bits per heavy atom. The summed E-state index contributed by atoms with van der Waals surface area (Å²) >= 11 is 6.02. The van der Waals surface area contributed by atoms with Gasteiger partial charge in [-0.25, -0.2) is 0 Å². The molecular weight excluding hydrogens is 292 g/mol. The van der Waals surface area contributed by atoms with E-state index >= 15 is 0 Å². The van der Waals surface area contributed by atoms with Crippen LogP contribution in [0.4, 0.5) is 0 Å². The molecule has 0 saturated heterocycles. The van der Waals surface area contributed by atoms with E-state index in [0.717, 1.165) is 12.1 Å². The molecule has 1 N–H and O–H groups in total. The van der Waals surface area contributed by atoms with Crippen LogP contribution in [0.1, 0.15) is 12.5 Å². The molecule has 0 spiro atoms. The van der Waals surface area contributed by atoms with Crippen LogP contribution in [-0.4, -0.2) is 51.3 Å². The number of carbonyl (C=O) groups excluding carboxylic acids is 1. The summed E-state index contributed by atoms with van der Waals surface area (Å²) in [6.07, 6.45) is -0.543. The van der Waals surface area contributed by atoms with Crippen LogP contribution in [0.15, 0.2) is 18.2 Å². The number of halogens is 1. The second-order valence-corrected chi connectivity index (χ2v) is 5.35. The molecule has 1 unspecified atom stereocenters. The largest absolute Gasteiger partial charge is 0.481 e. The Balaban J connectivity index is 2.74. The standard InChI is InChI=1S/C15H23ClN2O3/c1-11(15(19)18(2)3)21-14-6-5-13(16)9-12(14)10-17-7-8-20-4/h5-6,9,11,17H,7-8,10H2,1-4H3. The monoisotopic (exact) mass is 314 g/mol. The molecule has 0 aliphatic rings. The van der Waals surface area contributed by atoms with E-state index in [9.17, 15) is 4.79 Å². The SMILES string of the molecule is COCCNCc1cc(Cl)ccc1OC(C)C(=O)N(C)C. The number of carbonyl (C=O) groups is 1. The molecule has 1 amide bonds. The zero-order chi connectivity index (χ0) is 15.8. The quantitative estimate of drug-likeness (QED) is 0.745. The molecule has 21 heavy (non-hydrogen) atoms. The van der Waals surface area contributed by atoms with Crippen molar-refractivity contribution in [2.45, 2.75) is 19.6 Å². The Morgan fingerprint density at radius 3 is 2.76 bits per heavy atom. The molecule has 1 aromatic rings. The first-order chi connectivity index (χ1) is 9.95. The van der Waals surface area contributed by atoms with E-state index in [1.54, 1.807) is 40.3 Å². The first kappa shape index (κ1) is 17.8. The third-order valence-electron chi connectivity index (χ3n) is 2.91. The maximum atomic E-state index is 11.9. The third-order valence-corrected chi connectivity index (χ3v) is 3.15. The highest BCUT2D eigenvalue weighted by Crippen LogP contribution is 2.24. The van der Waals surface area contributed by atoms with E-state index in [1.807, 2.05) is 6.07 Å². The van der Waals surface area contributed by atoms with Gasteiger partial charge in [-0.2, -0.15) is 0 Å². The number of likely N-dealkylation sites (N-methyl/N-ethyl adjacent to an activating group) is 1. The summed E-state index contributed by atoms with van der Waals surface area (Å²) in [5.41, 5.74) is 0.914. The Hall–Kier alpha value is -1.30. The van der Waals surface area contributed by atoms with Crippen LogP contribution in [0, 0.1) is 0 Å². The van der Waals surface area contributed by atoms with Gasteiger partial charge in [0.1, 0.15) is 5.75 Å². The number of rotatable bonds is 8. The van der Waals surface area contributed by atoms with E-state index in [1.165, 1.54) is 4.90 Å². The fraction of sp³-hybridized carbons (Fsp3) is 0.533. The average molecular weight is 315 g/mol. The second-order valence-electron chi connectivity index (χ2n) is 4.91. The van der Waals surface area contributed by atoms with Crippen molar-refractivity contribution in [2.24, 2.45) is 0 Å². The summed E-state index contributed by atoms with van der Waals surface area (Å²) in [6.45, 7) is 3.70. The Morgan fingerprint density at radius 1 is 1.43 bits per heavy atom. The topological polar surface area (TPSA) is 50.8 Å². The second kappa shape index (κ2) is 8.87. The van der Waals surface area contributed by atoms with Crippen molar-refractivity contribution < 1.29 is 14.3 Å². The summed E-state index contributed by atoms with van der Waals surface area (Å²) in [6, 6.07) is 5.38. The number of methoxy groups -OCH3 is 1. The summed E-state index contributed by atoms with van der Waals surface area (Å²) in [4.78, 5) is 13.4. The lowest BCUT2D eigenvalue weighted by Gasteiger charge is -2.20. The molecule has 0 aliphatic heterocycles. The molecule has 1 atom stereocenters. The molecule has 1 aromatic carbocycles. The van der Waals surface area contributed by atoms with Gasteiger partial charge in [0.15, 0.2) is 6.10 Å². The maximum absolute atomic E-state index is 11.9. The molecule has 5 nitrogen and oxygen atoms in total. The van der Waals surface area contributed by atoms with Gasteiger partial charge in [0.25, 0.3) is 5.91 Å². The number of nitrogens with one attached hydrogen (secondary N) is 1. The van der Waals surface area contributed by atoms with Gasteiger partial charge < -0.3 is 19.7 Å². The average Bonchev–Trinajstić information content (AvgIpc) is 2.45. The minimum Gasteiger partial charge on any atom is -0.481 e. The van der Waals surface area contributed by atoms with Crippen LogP contribution in [0.3, 0.4) is 0 Å². The highest BCUT2D eigenvalue weighted by atomic mass is 35.5. The Labute approximate surface area is 131 Å². The van der Waals surface area contributed by atoms with Gasteiger partial charge in [0.2, 0.25) is 0 Å². The van der Waals surface area contributed by atoms with Crippen LogP contribution < -0.4 is 10.1 Å². The van der Waals surface area contributed by atoms with Crippen LogP contribution >= 0.6 is 11.6 Å². The number of hydrogen-bond acceptors (Lipinski definition) is 4. The Kier molecular flexibility index (Phi) is 7.50. The highest BCUT2D eigenvalue weighted by Gasteiger charge is 2.18. The van der Waals surface area contributed by atoms with Gasteiger partial charge in [-0.15, -0.1) is 0 Å². The summed E-state index contributed by atoms with van der Waals surface area (Å²) in [7, 11) is 5.07. The molecule has 0 fully saturated rings. The number of ether oxygens (including phenoxy) is 2. The molecule has 0 aliphatic carbocycles. The Bertz CT molecular complexity index is 466. The molecule has 0 aromatic heterocycles. The van der Waals surface area contributed by atoms with Gasteiger partial charge in [0, 0.05) is 44.9 Å². The van der Waals surface area contributed by atoms with E-state index in [2.05, 4.69) is 5.32 Å². The van der Waals surface area contributed by atoms with Crippen molar-refractivity contribution in [3.05, 3.63) is 28.8 Å². The van der Waals surface area contributed by atoms with Gasteiger partial charge in [-0.05, 0) is 25.1 Å². The molecule has 1 rings (SSSR count). The minimum atomic E-state index is -0.543. The van der Waals surface area contributed by atoms with Crippen LogP contribution in [0.25, 0.3) is 0 Å². The highest BCUT2D eigenvalue weighted by molar-refractivity contribution is 6.30. The summed E-state index contributed by atoms with van der Waals surface area (Å²) in [5, 5.41) is 3.87. The van der Waals surface area contributed by atoms with E-state index in [0.29, 0.717) is 23.9 Å². The summed E-state index contributed by atoms with van der Waals surface area (Å²) < 4.78 is 10.7. The van der Waals surface area contributed by atoms with Gasteiger partial charge in [-0.3, -0.25) is 4.79 Å². The number of benzene rings is 1. The van der Waals surface area contributed by atoms with E-state index in [-0.39, 0.29) is 5.91 Å². The van der Waals surface area contributed by atoms with Crippen LogP contribution in [-0.2, 0) is 16.1 Å².